The van der Waals surface area contributed by atoms with E-state index in [4.69, 9.17) is 4.74 Å². The van der Waals surface area contributed by atoms with E-state index in [1.165, 1.54) is 18.4 Å². The van der Waals surface area contributed by atoms with Gasteiger partial charge in [-0.2, -0.15) is 0 Å². The molecule has 0 spiro atoms. The summed E-state index contributed by atoms with van der Waals surface area (Å²) in [6.07, 6.45) is 6.52. The van der Waals surface area contributed by atoms with E-state index in [9.17, 15) is 4.79 Å². The van der Waals surface area contributed by atoms with Crippen molar-refractivity contribution in [1.82, 2.24) is 5.32 Å². The molecular formula is C16H21NO2. The normalized spacial score (nSPS) is 16.4. The van der Waals surface area contributed by atoms with Crippen LogP contribution in [0.1, 0.15) is 32.6 Å². The average molecular weight is 259 g/mol. The van der Waals surface area contributed by atoms with Crippen molar-refractivity contribution in [2.24, 2.45) is 0 Å². The minimum atomic E-state index is -0.466. The van der Waals surface area contributed by atoms with Crippen LogP contribution >= 0.6 is 0 Å². The molecule has 102 valence electrons. The molecule has 0 bridgehead atoms. The first-order valence-electron chi connectivity index (χ1n) is 6.93. The molecule has 3 heteroatoms. The van der Waals surface area contributed by atoms with Gasteiger partial charge in [0.1, 0.15) is 5.75 Å². The number of carbonyl (C=O) groups is 1. The van der Waals surface area contributed by atoms with Gasteiger partial charge in [-0.25, -0.2) is 0 Å². The molecule has 0 aromatic heterocycles. The van der Waals surface area contributed by atoms with Crippen molar-refractivity contribution in [2.75, 3.05) is 6.54 Å². The zero-order valence-corrected chi connectivity index (χ0v) is 11.4. The molecule has 1 aromatic rings. The SMILES string of the molecule is C[C@@H](Oc1ccccc1)C(=O)NCC1=CCCCC1. The van der Waals surface area contributed by atoms with Crippen LogP contribution in [-0.2, 0) is 4.79 Å². The highest BCUT2D eigenvalue weighted by Crippen LogP contribution is 2.16. The van der Waals surface area contributed by atoms with E-state index in [0.29, 0.717) is 6.54 Å². The fourth-order valence-electron chi connectivity index (χ4n) is 2.17. The molecule has 19 heavy (non-hydrogen) atoms. The van der Waals surface area contributed by atoms with E-state index in [1.54, 1.807) is 6.92 Å². The van der Waals surface area contributed by atoms with Gasteiger partial charge in [0.15, 0.2) is 6.10 Å². The Morgan fingerprint density at radius 2 is 2.11 bits per heavy atom. The van der Waals surface area contributed by atoms with Gasteiger partial charge in [0, 0.05) is 6.54 Å². The van der Waals surface area contributed by atoms with Gasteiger partial charge in [-0.05, 0) is 44.7 Å². The molecule has 3 nitrogen and oxygen atoms in total. The summed E-state index contributed by atoms with van der Waals surface area (Å²) in [5, 5.41) is 2.94. The average Bonchev–Trinajstić information content (AvgIpc) is 2.47. The van der Waals surface area contributed by atoms with E-state index < -0.39 is 6.10 Å². The number of hydrogen-bond donors (Lipinski definition) is 1. The van der Waals surface area contributed by atoms with Crippen LogP contribution in [0.25, 0.3) is 0 Å². The van der Waals surface area contributed by atoms with Crippen LogP contribution in [0.2, 0.25) is 0 Å². The molecule has 1 aliphatic carbocycles. The summed E-state index contributed by atoms with van der Waals surface area (Å²) < 4.78 is 5.58. The van der Waals surface area contributed by atoms with Crippen LogP contribution in [0.4, 0.5) is 0 Å². The third kappa shape index (κ3) is 4.43. The van der Waals surface area contributed by atoms with Gasteiger partial charge in [0.2, 0.25) is 0 Å². The lowest BCUT2D eigenvalue weighted by Crippen LogP contribution is -2.37. The molecule has 1 amide bonds. The van der Waals surface area contributed by atoms with Gasteiger partial charge >= 0.3 is 0 Å². The maximum atomic E-state index is 11.9. The van der Waals surface area contributed by atoms with E-state index in [2.05, 4.69) is 11.4 Å². The molecule has 1 N–H and O–H groups in total. The van der Waals surface area contributed by atoms with Crippen molar-refractivity contribution in [2.45, 2.75) is 38.7 Å². The fourth-order valence-corrected chi connectivity index (χ4v) is 2.17. The van der Waals surface area contributed by atoms with E-state index in [0.717, 1.165) is 18.6 Å². The van der Waals surface area contributed by atoms with Crippen LogP contribution in [0.15, 0.2) is 42.0 Å². The molecule has 0 fully saturated rings. The standard InChI is InChI=1S/C16H21NO2/c1-13(19-15-10-6-3-7-11-15)16(18)17-12-14-8-4-2-5-9-14/h3,6-8,10-11,13H,2,4-5,9,12H2,1H3,(H,17,18)/t13-/m1/s1. The summed E-state index contributed by atoms with van der Waals surface area (Å²) >= 11 is 0. The van der Waals surface area contributed by atoms with Crippen LogP contribution < -0.4 is 10.1 Å². The van der Waals surface area contributed by atoms with Gasteiger partial charge < -0.3 is 10.1 Å². The van der Waals surface area contributed by atoms with Gasteiger partial charge in [-0.3, -0.25) is 4.79 Å². The zero-order chi connectivity index (χ0) is 13.5. The van der Waals surface area contributed by atoms with Gasteiger partial charge in [0.05, 0.1) is 0 Å². The topological polar surface area (TPSA) is 38.3 Å². The Balaban J connectivity index is 1.77. The predicted octanol–water partition coefficient (Wildman–Crippen LogP) is 3.07. The maximum Gasteiger partial charge on any atom is 0.261 e. The van der Waals surface area contributed by atoms with Crippen molar-refractivity contribution >= 4 is 5.91 Å². The number of allylic oxidation sites excluding steroid dienone is 1. The second-order valence-corrected chi connectivity index (χ2v) is 4.90. The highest BCUT2D eigenvalue weighted by molar-refractivity contribution is 5.80. The smallest absolute Gasteiger partial charge is 0.261 e. The molecule has 2 rings (SSSR count). The van der Waals surface area contributed by atoms with E-state index in [-0.39, 0.29) is 5.91 Å². The van der Waals surface area contributed by atoms with Gasteiger partial charge in [0.25, 0.3) is 5.91 Å². The van der Waals surface area contributed by atoms with Crippen molar-refractivity contribution in [3.8, 4) is 5.75 Å². The summed E-state index contributed by atoms with van der Waals surface area (Å²) in [5.74, 6) is 0.664. The lowest BCUT2D eigenvalue weighted by molar-refractivity contribution is -0.127. The van der Waals surface area contributed by atoms with Crippen molar-refractivity contribution < 1.29 is 9.53 Å². The van der Waals surface area contributed by atoms with Crippen molar-refractivity contribution in [3.05, 3.63) is 42.0 Å². The molecule has 0 unspecified atom stereocenters. The second-order valence-electron chi connectivity index (χ2n) is 4.90. The van der Waals surface area contributed by atoms with Gasteiger partial charge in [-0.1, -0.05) is 29.8 Å². The summed E-state index contributed by atoms with van der Waals surface area (Å²) in [5.41, 5.74) is 1.34. The second kappa shape index (κ2) is 6.98. The molecule has 0 saturated carbocycles. The van der Waals surface area contributed by atoms with Crippen LogP contribution in [0.5, 0.6) is 5.75 Å². The number of amides is 1. The molecule has 1 aliphatic rings. The minimum absolute atomic E-state index is 0.0599. The third-order valence-corrected chi connectivity index (χ3v) is 3.30. The van der Waals surface area contributed by atoms with Crippen LogP contribution in [0, 0.1) is 0 Å². The number of nitrogens with one attached hydrogen (secondary N) is 1. The first kappa shape index (κ1) is 13.7. The number of ether oxygens (including phenoxy) is 1. The molecular weight excluding hydrogens is 238 g/mol. The lowest BCUT2D eigenvalue weighted by atomic mass is 10.00. The molecule has 0 saturated heterocycles. The summed E-state index contributed by atoms with van der Waals surface area (Å²) in [4.78, 5) is 11.9. The number of rotatable bonds is 5. The summed E-state index contributed by atoms with van der Waals surface area (Å²) in [6, 6.07) is 9.42. The first-order valence-corrected chi connectivity index (χ1v) is 6.93. The van der Waals surface area contributed by atoms with Crippen LogP contribution in [0.3, 0.4) is 0 Å². The number of benzene rings is 1. The Hall–Kier alpha value is -1.77. The monoisotopic (exact) mass is 259 g/mol. The highest BCUT2D eigenvalue weighted by atomic mass is 16.5. The third-order valence-electron chi connectivity index (χ3n) is 3.30. The quantitative estimate of drug-likeness (QED) is 0.825. The van der Waals surface area contributed by atoms with Gasteiger partial charge in [-0.15, -0.1) is 0 Å². The largest absolute Gasteiger partial charge is 0.481 e. The Kier molecular flexibility index (Phi) is 5.01. The minimum Gasteiger partial charge on any atom is -0.481 e. The van der Waals surface area contributed by atoms with Crippen LogP contribution in [-0.4, -0.2) is 18.6 Å². The molecule has 0 heterocycles. The highest BCUT2D eigenvalue weighted by Gasteiger charge is 2.14. The Morgan fingerprint density at radius 3 is 2.79 bits per heavy atom. The summed E-state index contributed by atoms with van der Waals surface area (Å²) in [6.45, 7) is 2.43. The maximum absolute atomic E-state index is 11.9. The molecule has 0 radical (unpaired) electrons. The van der Waals surface area contributed by atoms with E-state index >= 15 is 0 Å². The molecule has 1 aromatic carbocycles. The fraction of sp³-hybridized carbons (Fsp3) is 0.438. The Labute approximate surface area is 114 Å². The number of para-hydroxylation sites is 1. The zero-order valence-electron chi connectivity index (χ0n) is 11.4. The molecule has 1 atom stereocenters. The predicted molar refractivity (Wildman–Crippen MR) is 76.1 cm³/mol. The lowest BCUT2D eigenvalue weighted by Gasteiger charge is -2.17. The number of carbonyl (C=O) groups excluding carboxylic acids is 1. The Morgan fingerprint density at radius 1 is 1.32 bits per heavy atom. The van der Waals surface area contributed by atoms with Crippen molar-refractivity contribution in [1.29, 1.82) is 0 Å². The molecule has 0 aliphatic heterocycles. The Bertz CT molecular complexity index is 439. The number of hydrogen-bond acceptors (Lipinski definition) is 2. The van der Waals surface area contributed by atoms with Crippen molar-refractivity contribution in [3.63, 3.8) is 0 Å². The summed E-state index contributed by atoms with van der Waals surface area (Å²) in [7, 11) is 0. The first-order chi connectivity index (χ1) is 9.25. The van der Waals surface area contributed by atoms with E-state index in [1.807, 2.05) is 30.3 Å².